The molecule has 2 heteroatoms. The lowest BCUT2D eigenvalue weighted by molar-refractivity contribution is 0.693. The van der Waals surface area contributed by atoms with Gasteiger partial charge in [0.05, 0.1) is 0 Å². The lowest BCUT2D eigenvalue weighted by Gasteiger charge is -1.94. The van der Waals surface area contributed by atoms with E-state index in [-0.39, 0.29) is 0 Å². The highest BCUT2D eigenvalue weighted by Gasteiger charge is 2.48. The van der Waals surface area contributed by atoms with Gasteiger partial charge in [-0.15, -0.1) is 11.3 Å². The maximum absolute atomic E-state index is 3.61. The molecule has 2 saturated carbocycles. The van der Waals surface area contributed by atoms with Crippen LogP contribution >= 0.6 is 27.3 Å². The van der Waals surface area contributed by atoms with E-state index >= 15 is 0 Å². The summed E-state index contributed by atoms with van der Waals surface area (Å²) in [6.07, 6.45) is 4.47. The van der Waals surface area contributed by atoms with Crippen LogP contribution in [0.4, 0.5) is 0 Å². The number of halogens is 1. The van der Waals surface area contributed by atoms with E-state index in [1.165, 1.54) is 23.7 Å². The summed E-state index contributed by atoms with van der Waals surface area (Å²) in [4.78, 5) is 1.60. The second kappa shape index (κ2) is 2.58. The molecule has 3 rings (SSSR count). The van der Waals surface area contributed by atoms with Crippen molar-refractivity contribution >= 4 is 27.3 Å². The van der Waals surface area contributed by atoms with Crippen molar-refractivity contribution in [2.24, 2.45) is 11.8 Å². The zero-order chi connectivity index (χ0) is 8.13. The van der Waals surface area contributed by atoms with Crippen molar-refractivity contribution in [2.45, 2.75) is 25.2 Å². The predicted octanol–water partition coefficient (Wildman–Crippen LogP) is 4.02. The Balaban J connectivity index is 1.79. The van der Waals surface area contributed by atoms with Crippen LogP contribution in [0.3, 0.4) is 0 Å². The molecule has 64 valence electrons. The van der Waals surface area contributed by atoms with Crippen LogP contribution in [0, 0.1) is 11.8 Å². The van der Waals surface area contributed by atoms with E-state index in [9.17, 15) is 0 Å². The zero-order valence-electron chi connectivity index (χ0n) is 6.79. The average Bonchev–Trinajstić information content (AvgIpc) is 2.93. The second-order valence-corrected chi connectivity index (χ2v) is 5.78. The van der Waals surface area contributed by atoms with E-state index in [4.69, 9.17) is 0 Å². The smallest absolute Gasteiger partial charge is 0.0317 e. The topological polar surface area (TPSA) is 0 Å². The summed E-state index contributed by atoms with van der Waals surface area (Å²) in [5.74, 6) is 3.08. The van der Waals surface area contributed by atoms with Crippen LogP contribution in [0.2, 0.25) is 0 Å². The normalized spacial score (nSPS) is 33.8. The Morgan fingerprint density at radius 2 is 2.25 bits per heavy atom. The van der Waals surface area contributed by atoms with Crippen molar-refractivity contribution in [1.29, 1.82) is 0 Å². The summed E-state index contributed by atoms with van der Waals surface area (Å²) in [5, 5.41) is 2.20. The summed E-state index contributed by atoms with van der Waals surface area (Å²) in [6, 6.07) is 2.18. The van der Waals surface area contributed by atoms with Gasteiger partial charge in [0.25, 0.3) is 0 Å². The van der Waals surface area contributed by atoms with Crippen molar-refractivity contribution < 1.29 is 0 Å². The summed E-state index contributed by atoms with van der Waals surface area (Å²) in [6.45, 7) is 0. The summed E-state index contributed by atoms with van der Waals surface area (Å²) < 4.78 is 1.35. The average molecular weight is 243 g/mol. The molecule has 1 aromatic rings. The Labute approximate surface area is 85.1 Å². The van der Waals surface area contributed by atoms with Crippen molar-refractivity contribution in [3.63, 3.8) is 0 Å². The molecular formula is C10H11BrS. The Morgan fingerprint density at radius 3 is 2.83 bits per heavy atom. The molecule has 2 unspecified atom stereocenters. The van der Waals surface area contributed by atoms with Gasteiger partial charge in [-0.1, -0.05) is 0 Å². The molecule has 0 radical (unpaired) electrons. The van der Waals surface area contributed by atoms with Gasteiger partial charge in [0.15, 0.2) is 0 Å². The summed E-state index contributed by atoms with van der Waals surface area (Å²) >= 11 is 5.54. The molecule has 2 fully saturated rings. The van der Waals surface area contributed by atoms with Gasteiger partial charge >= 0.3 is 0 Å². The van der Waals surface area contributed by atoms with Crippen LogP contribution in [0.1, 0.15) is 30.1 Å². The molecule has 2 aliphatic carbocycles. The van der Waals surface area contributed by atoms with Gasteiger partial charge in [0.1, 0.15) is 0 Å². The molecule has 0 amide bonds. The molecule has 0 nitrogen and oxygen atoms in total. The maximum Gasteiger partial charge on any atom is 0.0317 e. The highest BCUT2D eigenvalue weighted by Crippen LogP contribution is 2.61. The molecule has 2 atom stereocenters. The third kappa shape index (κ3) is 1.16. The molecule has 0 saturated heterocycles. The minimum Gasteiger partial charge on any atom is -0.147 e. The van der Waals surface area contributed by atoms with E-state index in [1.54, 1.807) is 4.88 Å². The second-order valence-electron chi connectivity index (χ2n) is 3.98. The van der Waals surface area contributed by atoms with Crippen LogP contribution in [0.5, 0.6) is 0 Å². The van der Waals surface area contributed by atoms with Crippen molar-refractivity contribution in [2.75, 3.05) is 0 Å². The standard InChI is InChI=1S/C10H11BrS/c11-9-3-4-12-10(9)8-5-7(8)6-1-2-6/h3-4,6-8H,1-2,5H2. The maximum atomic E-state index is 3.61. The number of hydrogen-bond acceptors (Lipinski definition) is 1. The molecule has 12 heavy (non-hydrogen) atoms. The fraction of sp³-hybridized carbons (Fsp3) is 0.600. The van der Waals surface area contributed by atoms with E-state index in [0.29, 0.717) is 0 Å². The highest BCUT2D eigenvalue weighted by atomic mass is 79.9. The lowest BCUT2D eigenvalue weighted by atomic mass is 10.2. The van der Waals surface area contributed by atoms with Gasteiger partial charge in [-0.2, -0.15) is 0 Å². The lowest BCUT2D eigenvalue weighted by Crippen LogP contribution is -1.81. The van der Waals surface area contributed by atoms with Crippen LogP contribution in [0.15, 0.2) is 15.9 Å². The predicted molar refractivity (Wildman–Crippen MR) is 55.6 cm³/mol. The third-order valence-corrected chi connectivity index (χ3v) is 5.05. The first-order valence-corrected chi connectivity index (χ1v) is 6.26. The summed E-state index contributed by atoms with van der Waals surface area (Å²) in [7, 11) is 0. The van der Waals surface area contributed by atoms with Crippen LogP contribution < -0.4 is 0 Å². The highest BCUT2D eigenvalue weighted by molar-refractivity contribution is 9.10. The van der Waals surface area contributed by atoms with Crippen LogP contribution in [-0.2, 0) is 0 Å². The largest absolute Gasteiger partial charge is 0.147 e. The Morgan fingerprint density at radius 1 is 1.42 bits per heavy atom. The Hall–Kier alpha value is 0.180. The monoisotopic (exact) mass is 242 g/mol. The minimum absolute atomic E-state index is 0.923. The molecule has 0 spiro atoms. The molecule has 1 aromatic heterocycles. The number of rotatable bonds is 2. The molecule has 0 aromatic carbocycles. The summed E-state index contributed by atoms with van der Waals surface area (Å²) in [5.41, 5.74) is 0. The van der Waals surface area contributed by atoms with Crippen LogP contribution in [0.25, 0.3) is 0 Å². The fourth-order valence-corrected chi connectivity index (χ4v) is 3.99. The van der Waals surface area contributed by atoms with Crippen molar-refractivity contribution in [3.05, 3.63) is 20.8 Å². The minimum atomic E-state index is 0.923. The molecule has 0 aliphatic heterocycles. The number of hydrogen-bond donors (Lipinski definition) is 0. The van der Waals surface area contributed by atoms with E-state index in [0.717, 1.165) is 17.8 Å². The molecule has 2 aliphatic rings. The first-order valence-electron chi connectivity index (χ1n) is 4.59. The van der Waals surface area contributed by atoms with Gasteiger partial charge in [-0.3, -0.25) is 0 Å². The van der Waals surface area contributed by atoms with Crippen molar-refractivity contribution in [1.82, 2.24) is 0 Å². The molecule has 0 N–H and O–H groups in total. The van der Waals surface area contributed by atoms with E-state index < -0.39 is 0 Å². The Kier molecular flexibility index (Phi) is 1.63. The number of thiophene rings is 1. The van der Waals surface area contributed by atoms with Gasteiger partial charge in [0.2, 0.25) is 0 Å². The first kappa shape index (κ1) is 7.57. The van der Waals surface area contributed by atoms with Gasteiger partial charge < -0.3 is 0 Å². The molecule has 0 bridgehead atoms. The molecule has 1 heterocycles. The van der Waals surface area contributed by atoms with Gasteiger partial charge in [-0.05, 0) is 64.4 Å². The van der Waals surface area contributed by atoms with E-state index in [2.05, 4.69) is 27.4 Å². The third-order valence-electron chi connectivity index (χ3n) is 3.05. The fourth-order valence-electron chi connectivity index (χ4n) is 2.13. The van der Waals surface area contributed by atoms with E-state index in [1.807, 2.05) is 11.3 Å². The zero-order valence-corrected chi connectivity index (χ0v) is 9.20. The van der Waals surface area contributed by atoms with Gasteiger partial charge in [-0.25, -0.2) is 0 Å². The first-order chi connectivity index (χ1) is 5.86. The van der Waals surface area contributed by atoms with Crippen molar-refractivity contribution in [3.8, 4) is 0 Å². The molecular weight excluding hydrogens is 232 g/mol. The quantitative estimate of drug-likeness (QED) is 0.735. The Bertz CT molecular complexity index is 301. The SMILES string of the molecule is Brc1ccsc1C1CC1C1CC1. The van der Waals surface area contributed by atoms with Gasteiger partial charge in [0, 0.05) is 9.35 Å². The van der Waals surface area contributed by atoms with Crippen LogP contribution in [-0.4, -0.2) is 0 Å².